The number of allylic oxidation sites excluding steroid dienone is 1. The molecule has 7 heteroatoms. The van der Waals surface area contributed by atoms with Crippen LogP contribution >= 0.6 is 34.8 Å². The largest absolute Gasteiger partial charge is 0.452 e. The van der Waals surface area contributed by atoms with Crippen LogP contribution in [0, 0.1) is 0 Å². The van der Waals surface area contributed by atoms with E-state index in [1.54, 1.807) is 54.6 Å². The van der Waals surface area contributed by atoms with E-state index in [-0.39, 0.29) is 17.3 Å². The van der Waals surface area contributed by atoms with Crippen LogP contribution in [-0.2, 0) is 0 Å². The molecule has 29 heavy (non-hydrogen) atoms. The molecule has 0 bridgehead atoms. The average Bonchev–Trinajstić information content (AvgIpc) is 3.00. The van der Waals surface area contributed by atoms with Gasteiger partial charge in [0.15, 0.2) is 5.76 Å². The molecule has 0 amide bonds. The molecule has 4 nitrogen and oxygen atoms in total. The van der Waals surface area contributed by atoms with Crippen molar-refractivity contribution in [1.29, 1.82) is 0 Å². The van der Waals surface area contributed by atoms with Gasteiger partial charge in [-0.2, -0.15) is 0 Å². The normalized spacial score (nSPS) is 13.9. The van der Waals surface area contributed by atoms with Gasteiger partial charge in [0.05, 0.1) is 21.2 Å². The van der Waals surface area contributed by atoms with E-state index in [0.717, 1.165) is 0 Å². The number of carbonyl (C=O) groups is 2. The minimum atomic E-state index is -0.544. The molecule has 1 heterocycles. The van der Waals surface area contributed by atoms with Crippen molar-refractivity contribution in [2.24, 2.45) is 0 Å². The van der Waals surface area contributed by atoms with Gasteiger partial charge in [0, 0.05) is 11.1 Å². The molecule has 0 saturated heterocycles. The quantitative estimate of drug-likeness (QED) is 0.263. The maximum atomic E-state index is 12.6. The van der Waals surface area contributed by atoms with Crippen LogP contribution in [-0.4, -0.2) is 11.8 Å². The van der Waals surface area contributed by atoms with Crippen molar-refractivity contribution in [3.8, 4) is 11.5 Å². The van der Waals surface area contributed by atoms with E-state index in [1.807, 2.05) is 0 Å². The Labute approximate surface area is 181 Å². The van der Waals surface area contributed by atoms with Crippen LogP contribution in [0.2, 0.25) is 15.1 Å². The van der Waals surface area contributed by atoms with Crippen LogP contribution in [0.15, 0.2) is 66.4 Å². The van der Waals surface area contributed by atoms with Crippen molar-refractivity contribution in [3.05, 3.63) is 98.2 Å². The van der Waals surface area contributed by atoms with Gasteiger partial charge in [0.1, 0.15) is 11.5 Å². The number of hydrogen-bond donors (Lipinski definition) is 0. The van der Waals surface area contributed by atoms with Crippen molar-refractivity contribution in [1.82, 2.24) is 0 Å². The lowest BCUT2D eigenvalue weighted by Crippen LogP contribution is -2.08. The zero-order valence-corrected chi connectivity index (χ0v) is 16.9. The van der Waals surface area contributed by atoms with Crippen LogP contribution in [0.25, 0.3) is 6.08 Å². The Bertz CT molecular complexity index is 1170. The van der Waals surface area contributed by atoms with E-state index >= 15 is 0 Å². The number of ether oxygens (including phenoxy) is 2. The Hall–Kier alpha value is -2.79. The minimum Gasteiger partial charge on any atom is -0.452 e. The topological polar surface area (TPSA) is 52.6 Å². The maximum absolute atomic E-state index is 12.6. The first-order valence-corrected chi connectivity index (χ1v) is 9.55. The fraction of sp³-hybridized carbons (Fsp3) is 0. The SMILES string of the molecule is O=C(Oc1ccc2c(c1)OC(=Cc1ccc(Cl)c(Cl)c1)C2=O)c1ccc(Cl)cc1. The number of fused-ring (bicyclic) bond motifs is 1. The standard InChI is InChI=1S/C22H11Cl3O4/c23-14-4-2-13(3-5-14)22(27)28-15-6-7-16-19(11-15)29-20(21(16)26)10-12-1-8-17(24)18(25)9-12/h1-11H. The molecule has 0 fully saturated rings. The molecule has 1 aliphatic heterocycles. The van der Waals surface area contributed by atoms with Crippen molar-refractivity contribution >= 4 is 52.6 Å². The number of rotatable bonds is 3. The van der Waals surface area contributed by atoms with E-state index in [4.69, 9.17) is 44.3 Å². The third-order valence-electron chi connectivity index (χ3n) is 4.17. The summed E-state index contributed by atoms with van der Waals surface area (Å²) < 4.78 is 11.0. The van der Waals surface area contributed by atoms with E-state index in [2.05, 4.69) is 0 Å². The maximum Gasteiger partial charge on any atom is 0.343 e. The first-order valence-electron chi connectivity index (χ1n) is 8.42. The molecule has 0 spiro atoms. The summed E-state index contributed by atoms with van der Waals surface area (Å²) in [6, 6.07) is 15.9. The van der Waals surface area contributed by atoms with Crippen molar-refractivity contribution in [3.63, 3.8) is 0 Å². The third-order valence-corrected chi connectivity index (χ3v) is 5.16. The van der Waals surface area contributed by atoms with Gasteiger partial charge in [-0.15, -0.1) is 0 Å². The second kappa shape index (κ2) is 7.91. The highest BCUT2D eigenvalue weighted by Gasteiger charge is 2.28. The molecule has 1 aliphatic rings. The molecule has 0 aliphatic carbocycles. The van der Waals surface area contributed by atoms with Gasteiger partial charge in [-0.1, -0.05) is 40.9 Å². The van der Waals surface area contributed by atoms with Gasteiger partial charge < -0.3 is 9.47 Å². The molecule has 0 unspecified atom stereocenters. The predicted molar refractivity (Wildman–Crippen MR) is 112 cm³/mol. The fourth-order valence-corrected chi connectivity index (χ4v) is 3.17. The second-order valence-electron chi connectivity index (χ2n) is 6.17. The number of carbonyl (C=O) groups excluding carboxylic acids is 2. The van der Waals surface area contributed by atoms with Crippen LogP contribution in [0.4, 0.5) is 0 Å². The molecule has 0 saturated carbocycles. The number of hydrogen-bond acceptors (Lipinski definition) is 4. The smallest absolute Gasteiger partial charge is 0.343 e. The lowest BCUT2D eigenvalue weighted by Gasteiger charge is -2.06. The van der Waals surface area contributed by atoms with Gasteiger partial charge in [-0.3, -0.25) is 4.79 Å². The number of Topliss-reactive ketones (excluding diaryl/α,β-unsaturated/α-hetero) is 1. The van der Waals surface area contributed by atoms with E-state index < -0.39 is 5.97 Å². The number of benzene rings is 3. The molecule has 0 atom stereocenters. The third kappa shape index (κ3) is 4.15. The average molecular weight is 446 g/mol. The van der Waals surface area contributed by atoms with Crippen LogP contribution in [0.1, 0.15) is 26.3 Å². The van der Waals surface area contributed by atoms with Crippen molar-refractivity contribution < 1.29 is 19.1 Å². The van der Waals surface area contributed by atoms with E-state index in [0.29, 0.717) is 37.5 Å². The predicted octanol–water partition coefficient (Wildman–Crippen LogP) is 6.48. The van der Waals surface area contributed by atoms with Gasteiger partial charge >= 0.3 is 5.97 Å². The molecule has 4 rings (SSSR count). The van der Waals surface area contributed by atoms with Crippen molar-refractivity contribution in [2.75, 3.05) is 0 Å². The van der Waals surface area contributed by atoms with Gasteiger partial charge in [0.2, 0.25) is 5.78 Å². The summed E-state index contributed by atoms with van der Waals surface area (Å²) in [5, 5.41) is 1.32. The molecule has 3 aromatic rings. The van der Waals surface area contributed by atoms with Crippen molar-refractivity contribution in [2.45, 2.75) is 0 Å². The molecule has 144 valence electrons. The monoisotopic (exact) mass is 444 g/mol. The Kier molecular flexibility index (Phi) is 5.33. The summed E-state index contributed by atoms with van der Waals surface area (Å²) >= 11 is 17.7. The Balaban J connectivity index is 1.55. The molecule has 3 aromatic carbocycles. The zero-order chi connectivity index (χ0) is 20.5. The lowest BCUT2D eigenvalue weighted by atomic mass is 10.1. The Morgan fingerprint density at radius 3 is 2.38 bits per heavy atom. The summed E-state index contributed by atoms with van der Waals surface area (Å²) in [6.07, 6.45) is 1.57. The summed E-state index contributed by atoms with van der Waals surface area (Å²) in [6.45, 7) is 0. The molecular formula is C22H11Cl3O4. The lowest BCUT2D eigenvalue weighted by molar-refractivity contribution is 0.0734. The highest BCUT2D eigenvalue weighted by molar-refractivity contribution is 6.42. The number of halogens is 3. The molecule has 0 aromatic heterocycles. The van der Waals surface area contributed by atoms with Gasteiger partial charge in [-0.25, -0.2) is 4.79 Å². The van der Waals surface area contributed by atoms with Crippen LogP contribution < -0.4 is 9.47 Å². The summed E-state index contributed by atoms with van der Waals surface area (Å²) in [4.78, 5) is 24.8. The molecular weight excluding hydrogens is 435 g/mol. The van der Waals surface area contributed by atoms with Crippen LogP contribution in [0.5, 0.6) is 11.5 Å². The second-order valence-corrected chi connectivity index (χ2v) is 7.42. The molecule has 0 N–H and O–H groups in total. The summed E-state index contributed by atoms with van der Waals surface area (Å²) in [5.41, 5.74) is 1.40. The summed E-state index contributed by atoms with van der Waals surface area (Å²) in [5.74, 6) is -0.117. The molecule has 0 radical (unpaired) electrons. The number of esters is 1. The van der Waals surface area contributed by atoms with Crippen LogP contribution in [0.3, 0.4) is 0 Å². The van der Waals surface area contributed by atoms with E-state index in [1.165, 1.54) is 12.1 Å². The van der Waals surface area contributed by atoms with E-state index in [9.17, 15) is 9.59 Å². The fourth-order valence-electron chi connectivity index (χ4n) is 2.74. The number of ketones is 1. The van der Waals surface area contributed by atoms with Gasteiger partial charge in [0.25, 0.3) is 0 Å². The first kappa shape index (κ1) is 19.5. The van der Waals surface area contributed by atoms with Gasteiger partial charge in [-0.05, 0) is 60.2 Å². The zero-order valence-electron chi connectivity index (χ0n) is 14.6. The Morgan fingerprint density at radius 1 is 0.897 bits per heavy atom. The highest BCUT2D eigenvalue weighted by atomic mass is 35.5. The first-order chi connectivity index (χ1) is 13.9. The summed E-state index contributed by atoms with van der Waals surface area (Å²) in [7, 11) is 0. The Morgan fingerprint density at radius 2 is 1.66 bits per heavy atom. The minimum absolute atomic E-state index is 0.138. The highest BCUT2D eigenvalue weighted by Crippen LogP contribution is 2.35.